The highest BCUT2D eigenvalue weighted by atomic mass is 16.6. The summed E-state index contributed by atoms with van der Waals surface area (Å²) in [5.41, 5.74) is 0. The summed E-state index contributed by atoms with van der Waals surface area (Å²) in [5, 5.41) is 8.61. The highest BCUT2D eigenvalue weighted by Crippen LogP contribution is 2.34. The van der Waals surface area contributed by atoms with Gasteiger partial charge in [0.05, 0.1) is 24.9 Å². The molecule has 58 valence electrons. The van der Waals surface area contributed by atoms with E-state index in [4.69, 9.17) is 14.6 Å². The second-order valence-corrected chi connectivity index (χ2v) is 3.01. The Morgan fingerprint density at radius 1 is 1.20 bits per heavy atom. The van der Waals surface area contributed by atoms with Crippen molar-refractivity contribution in [1.29, 1.82) is 0 Å². The molecule has 3 nitrogen and oxygen atoms in total. The molecule has 2 heterocycles. The average Bonchev–Trinajstić information content (AvgIpc) is 2.76. The van der Waals surface area contributed by atoms with Crippen LogP contribution in [-0.2, 0) is 9.47 Å². The van der Waals surface area contributed by atoms with Crippen molar-refractivity contribution in [3.63, 3.8) is 0 Å². The van der Waals surface area contributed by atoms with E-state index in [2.05, 4.69) is 6.92 Å². The molecule has 4 atom stereocenters. The molecule has 0 aromatic carbocycles. The van der Waals surface area contributed by atoms with E-state index in [1.807, 2.05) is 0 Å². The summed E-state index contributed by atoms with van der Waals surface area (Å²) < 4.78 is 10.3. The third kappa shape index (κ3) is 1.17. The van der Waals surface area contributed by atoms with E-state index in [1.165, 1.54) is 0 Å². The Labute approximate surface area is 59.9 Å². The van der Waals surface area contributed by atoms with Gasteiger partial charge in [-0.05, 0) is 6.92 Å². The number of aliphatic hydroxyl groups excluding tert-OH is 1. The van der Waals surface area contributed by atoms with Crippen molar-refractivity contribution < 1.29 is 14.6 Å². The maximum absolute atomic E-state index is 8.61. The van der Waals surface area contributed by atoms with Gasteiger partial charge in [-0.2, -0.15) is 0 Å². The van der Waals surface area contributed by atoms with Gasteiger partial charge in [0, 0.05) is 6.42 Å². The van der Waals surface area contributed by atoms with Crippen molar-refractivity contribution >= 4 is 0 Å². The van der Waals surface area contributed by atoms with Crippen LogP contribution >= 0.6 is 0 Å². The van der Waals surface area contributed by atoms with Crippen LogP contribution in [0, 0.1) is 0 Å². The maximum Gasteiger partial charge on any atom is 0.107 e. The predicted octanol–water partition coefficient (Wildman–Crippen LogP) is -0.0765. The summed E-state index contributed by atoms with van der Waals surface area (Å²) in [7, 11) is 0. The van der Waals surface area contributed by atoms with Crippen LogP contribution in [0.4, 0.5) is 0 Å². The molecule has 2 aliphatic heterocycles. The zero-order valence-corrected chi connectivity index (χ0v) is 5.99. The number of epoxide rings is 2. The van der Waals surface area contributed by atoms with Crippen LogP contribution in [0.3, 0.4) is 0 Å². The minimum absolute atomic E-state index is 0.108. The first kappa shape index (κ1) is 6.58. The Bertz CT molecular complexity index is 137. The second-order valence-electron chi connectivity index (χ2n) is 3.01. The van der Waals surface area contributed by atoms with E-state index >= 15 is 0 Å². The van der Waals surface area contributed by atoms with E-state index in [0.717, 1.165) is 6.42 Å². The zero-order valence-electron chi connectivity index (χ0n) is 5.99. The quantitative estimate of drug-likeness (QED) is 0.564. The van der Waals surface area contributed by atoms with Crippen molar-refractivity contribution in [2.75, 3.05) is 6.61 Å². The molecule has 10 heavy (non-hydrogen) atoms. The fraction of sp³-hybridized carbons (Fsp3) is 1.00. The maximum atomic E-state index is 8.61. The predicted molar refractivity (Wildman–Crippen MR) is 34.7 cm³/mol. The molecule has 2 saturated heterocycles. The topological polar surface area (TPSA) is 45.3 Å². The van der Waals surface area contributed by atoms with Gasteiger partial charge in [-0.3, -0.25) is 0 Å². The smallest absolute Gasteiger partial charge is 0.107 e. The van der Waals surface area contributed by atoms with E-state index in [0.29, 0.717) is 12.2 Å². The molecule has 2 fully saturated rings. The SMILES string of the molecule is CC1OC1CC1OC1CO. The van der Waals surface area contributed by atoms with Crippen molar-refractivity contribution in [3.05, 3.63) is 0 Å². The van der Waals surface area contributed by atoms with Gasteiger partial charge in [-0.1, -0.05) is 0 Å². The number of hydrogen-bond donors (Lipinski definition) is 1. The molecule has 0 aliphatic carbocycles. The normalized spacial score (nSPS) is 51.0. The number of aliphatic hydroxyl groups is 1. The summed E-state index contributed by atoms with van der Waals surface area (Å²) in [6, 6.07) is 0. The lowest BCUT2D eigenvalue weighted by Gasteiger charge is -1.85. The fourth-order valence-corrected chi connectivity index (χ4v) is 1.25. The molecule has 0 aromatic heterocycles. The molecule has 0 bridgehead atoms. The third-order valence-electron chi connectivity index (χ3n) is 2.17. The van der Waals surface area contributed by atoms with Crippen LogP contribution < -0.4 is 0 Å². The fourth-order valence-electron chi connectivity index (χ4n) is 1.25. The summed E-state index contributed by atoms with van der Waals surface area (Å²) in [4.78, 5) is 0. The zero-order chi connectivity index (χ0) is 7.14. The van der Waals surface area contributed by atoms with E-state index in [9.17, 15) is 0 Å². The second kappa shape index (κ2) is 2.19. The molecule has 2 aliphatic rings. The number of ether oxygens (including phenoxy) is 2. The van der Waals surface area contributed by atoms with Gasteiger partial charge in [0.2, 0.25) is 0 Å². The van der Waals surface area contributed by atoms with Crippen molar-refractivity contribution in [3.8, 4) is 0 Å². The van der Waals surface area contributed by atoms with Crippen LogP contribution in [0.15, 0.2) is 0 Å². The van der Waals surface area contributed by atoms with Gasteiger partial charge in [0.25, 0.3) is 0 Å². The first-order valence-corrected chi connectivity index (χ1v) is 3.73. The average molecular weight is 144 g/mol. The minimum Gasteiger partial charge on any atom is -0.394 e. The van der Waals surface area contributed by atoms with Crippen molar-refractivity contribution in [2.24, 2.45) is 0 Å². The molecular weight excluding hydrogens is 132 g/mol. The Morgan fingerprint density at radius 2 is 1.90 bits per heavy atom. The third-order valence-corrected chi connectivity index (χ3v) is 2.17. The molecule has 0 aromatic rings. The monoisotopic (exact) mass is 144 g/mol. The summed E-state index contributed by atoms with van der Waals surface area (Å²) in [6.45, 7) is 2.22. The first-order chi connectivity index (χ1) is 4.81. The molecular formula is C7H12O3. The first-order valence-electron chi connectivity index (χ1n) is 3.73. The lowest BCUT2D eigenvalue weighted by atomic mass is 10.2. The van der Waals surface area contributed by atoms with Crippen LogP contribution in [0.5, 0.6) is 0 Å². The van der Waals surface area contributed by atoms with Crippen molar-refractivity contribution in [2.45, 2.75) is 37.8 Å². The van der Waals surface area contributed by atoms with Gasteiger partial charge in [-0.25, -0.2) is 0 Å². The van der Waals surface area contributed by atoms with E-state index in [1.54, 1.807) is 0 Å². The molecule has 0 spiro atoms. The van der Waals surface area contributed by atoms with Crippen LogP contribution in [0.2, 0.25) is 0 Å². The highest BCUT2D eigenvalue weighted by Gasteiger charge is 2.45. The Morgan fingerprint density at radius 3 is 2.30 bits per heavy atom. The van der Waals surface area contributed by atoms with E-state index < -0.39 is 0 Å². The summed E-state index contributed by atoms with van der Waals surface area (Å²) >= 11 is 0. The highest BCUT2D eigenvalue weighted by molar-refractivity contribution is 4.92. The van der Waals surface area contributed by atoms with Gasteiger partial charge in [0.1, 0.15) is 6.10 Å². The lowest BCUT2D eigenvalue weighted by molar-refractivity contribution is 0.241. The Hall–Kier alpha value is -0.120. The van der Waals surface area contributed by atoms with Crippen LogP contribution in [0.25, 0.3) is 0 Å². The van der Waals surface area contributed by atoms with Crippen LogP contribution in [0.1, 0.15) is 13.3 Å². The van der Waals surface area contributed by atoms with E-state index in [-0.39, 0.29) is 18.8 Å². The summed E-state index contributed by atoms with van der Waals surface area (Å²) in [6.07, 6.45) is 2.17. The largest absolute Gasteiger partial charge is 0.394 e. The van der Waals surface area contributed by atoms with Gasteiger partial charge >= 0.3 is 0 Å². The molecule has 0 radical (unpaired) electrons. The molecule has 1 N–H and O–H groups in total. The standard InChI is InChI=1S/C7H12O3/c1-4-5(9-4)2-6-7(3-8)10-6/h4-8H,2-3H2,1H3. The molecule has 2 rings (SSSR count). The molecule has 0 saturated carbocycles. The Kier molecular flexibility index (Phi) is 1.44. The molecule has 3 heteroatoms. The lowest BCUT2D eigenvalue weighted by Crippen LogP contribution is -2.02. The summed E-state index contributed by atoms with van der Waals surface area (Å²) in [5.74, 6) is 0. The molecule has 4 unspecified atom stereocenters. The van der Waals surface area contributed by atoms with Gasteiger partial charge in [-0.15, -0.1) is 0 Å². The minimum atomic E-state index is 0.108. The van der Waals surface area contributed by atoms with Crippen molar-refractivity contribution in [1.82, 2.24) is 0 Å². The van der Waals surface area contributed by atoms with Crippen LogP contribution in [-0.4, -0.2) is 36.1 Å². The van der Waals surface area contributed by atoms with Gasteiger partial charge in [0.15, 0.2) is 0 Å². The molecule has 0 amide bonds. The number of hydrogen-bond acceptors (Lipinski definition) is 3. The van der Waals surface area contributed by atoms with Gasteiger partial charge < -0.3 is 14.6 Å². The number of rotatable bonds is 3. The Balaban J connectivity index is 1.65.